The summed E-state index contributed by atoms with van der Waals surface area (Å²) in [6.45, 7) is 1.18. The number of nitrogens with zero attached hydrogens (tertiary/aromatic N) is 3. The molecule has 146 valence electrons. The number of carbonyl (C=O) groups excluding carboxylic acids is 1. The van der Waals surface area contributed by atoms with E-state index in [0.29, 0.717) is 0 Å². The molecule has 0 radical (unpaired) electrons. The summed E-state index contributed by atoms with van der Waals surface area (Å²) >= 11 is 0. The minimum absolute atomic E-state index is 0.147. The largest absolute Gasteiger partial charge is 0.497 e. The molecule has 1 unspecified atom stereocenters. The molecule has 0 aromatic heterocycles. The van der Waals surface area contributed by atoms with Crippen LogP contribution in [-0.2, 0) is 4.79 Å². The Bertz CT molecular complexity index is 848. The average Bonchev–Trinajstić information content (AvgIpc) is 3.17. The second-order valence-corrected chi connectivity index (χ2v) is 6.81. The predicted octanol–water partition coefficient (Wildman–Crippen LogP) is 3.92. The lowest BCUT2D eigenvalue weighted by molar-refractivity contribution is -0.120. The van der Waals surface area contributed by atoms with E-state index >= 15 is 0 Å². The molecule has 0 N–H and O–H groups in total. The molecule has 1 aliphatic rings. The maximum absolute atomic E-state index is 14.3. The quantitative estimate of drug-likeness (QED) is 0.729. The van der Waals surface area contributed by atoms with Gasteiger partial charge in [-0.3, -0.25) is 9.69 Å². The molecule has 1 saturated heterocycles. The summed E-state index contributed by atoms with van der Waals surface area (Å²) in [7, 11) is 1.63. The molecular weight excluding hydrogens is 357 g/mol. The third kappa shape index (κ3) is 4.49. The smallest absolute Gasteiger partial charge is 0.241 e. The van der Waals surface area contributed by atoms with E-state index in [1.807, 2.05) is 30.3 Å². The van der Waals surface area contributed by atoms with Crippen molar-refractivity contribution in [2.75, 3.05) is 31.6 Å². The first-order valence-electron chi connectivity index (χ1n) is 9.44. The number of rotatable bonds is 7. The maximum Gasteiger partial charge on any atom is 0.241 e. The number of carbonyl (C=O) groups is 1. The van der Waals surface area contributed by atoms with Gasteiger partial charge in [0.1, 0.15) is 11.6 Å². The first-order valence-corrected chi connectivity index (χ1v) is 9.44. The molecule has 0 spiro atoms. The van der Waals surface area contributed by atoms with Crippen molar-refractivity contribution in [3.8, 4) is 11.8 Å². The zero-order valence-electron chi connectivity index (χ0n) is 16.0. The predicted molar refractivity (Wildman–Crippen MR) is 106 cm³/mol. The van der Waals surface area contributed by atoms with Gasteiger partial charge in [-0.1, -0.05) is 24.3 Å². The summed E-state index contributed by atoms with van der Waals surface area (Å²) in [6.07, 6.45) is 2.13. The molecule has 3 rings (SSSR count). The van der Waals surface area contributed by atoms with Crippen LogP contribution in [-0.4, -0.2) is 37.6 Å². The van der Waals surface area contributed by atoms with Gasteiger partial charge in [0, 0.05) is 12.6 Å². The normalized spacial score (nSPS) is 16.5. The van der Waals surface area contributed by atoms with E-state index in [9.17, 15) is 9.18 Å². The Morgan fingerprint density at radius 1 is 1.29 bits per heavy atom. The lowest BCUT2D eigenvalue weighted by Crippen LogP contribution is -2.41. The molecule has 0 saturated carbocycles. The van der Waals surface area contributed by atoms with Crippen LogP contribution in [0.5, 0.6) is 5.75 Å². The van der Waals surface area contributed by atoms with Gasteiger partial charge in [0.25, 0.3) is 0 Å². The highest BCUT2D eigenvalue weighted by atomic mass is 19.1. The number of hydrogen-bond acceptors (Lipinski definition) is 4. The van der Waals surface area contributed by atoms with E-state index in [1.54, 1.807) is 25.3 Å². The number of nitriles is 1. The molecule has 2 aromatic carbocycles. The van der Waals surface area contributed by atoms with E-state index in [0.717, 1.165) is 30.7 Å². The molecule has 28 heavy (non-hydrogen) atoms. The highest BCUT2D eigenvalue weighted by Gasteiger charge is 2.30. The van der Waals surface area contributed by atoms with Crippen molar-refractivity contribution in [3.05, 3.63) is 59.9 Å². The molecule has 1 fully saturated rings. The Morgan fingerprint density at radius 3 is 2.71 bits per heavy atom. The van der Waals surface area contributed by atoms with Crippen LogP contribution in [0.4, 0.5) is 10.1 Å². The molecule has 0 bridgehead atoms. The Labute approximate surface area is 164 Å². The number of halogens is 1. The standard InChI is InChI=1S/C22H24FN3O2/c1-28-18-11-9-17(10-12-18)20-8-4-14-25(20)16-22(27)26(15-5-13-24)21-7-3-2-6-19(21)23/h2-3,6-7,9-12,20H,4-5,8,14-16H2,1H3. The van der Waals surface area contributed by atoms with Gasteiger partial charge in [-0.15, -0.1) is 0 Å². The molecule has 0 aliphatic carbocycles. The fraction of sp³-hybridized carbons (Fsp3) is 0.364. The monoisotopic (exact) mass is 381 g/mol. The first-order chi connectivity index (χ1) is 13.6. The molecule has 1 aliphatic heterocycles. The summed E-state index contributed by atoms with van der Waals surface area (Å²) in [5, 5.41) is 8.93. The van der Waals surface area contributed by atoms with E-state index in [1.165, 1.54) is 11.0 Å². The number of hydrogen-bond donors (Lipinski definition) is 0. The van der Waals surface area contributed by atoms with Gasteiger partial charge in [0.15, 0.2) is 0 Å². The van der Waals surface area contributed by atoms with Crippen LogP contribution in [0, 0.1) is 17.1 Å². The zero-order valence-corrected chi connectivity index (χ0v) is 16.0. The molecule has 2 aromatic rings. The fourth-order valence-corrected chi connectivity index (χ4v) is 3.69. The van der Waals surface area contributed by atoms with Crippen molar-refractivity contribution >= 4 is 11.6 Å². The Balaban J connectivity index is 1.76. The van der Waals surface area contributed by atoms with E-state index < -0.39 is 5.82 Å². The molecule has 1 atom stereocenters. The second-order valence-electron chi connectivity index (χ2n) is 6.81. The third-order valence-electron chi connectivity index (χ3n) is 5.09. The first kappa shape index (κ1) is 19.8. The maximum atomic E-state index is 14.3. The zero-order chi connectivity index (χ0) is 19.9. The minimum Gasteiger partial charge on any atom is -0.497 e. The van der Waals surface area contributed by atoms with Crippen molar-refractivity contribution in [1.29, 1.82) is 5.26 Å². The van der Waals surface area contributed by atoms with E-state index in [2.05, 4.69) is 4.90 Å². The third-order valence-corrected chi connectivity index (χ3v) is 5.09. The van der Waals surface area contributed by atoms with Crippen molar-refractivity contribution in [2.45, 2.75) is 25.3 Å². The highest BCUT2D eigenvalue weighted by molar-refractivity contribution is 5.95. The van der Waals surface area contributed by atoms with Crippen molar-refractivity contribution in [1.82, 2.24) is 4.90 Å². The number of ether oxygens (including phenoxy) is 1. The van der Waals surface area contributed by atoms with Crippen LogP contribution in [0.1, 0.15) is 30.9 Å². The number of amides is 1. The highest BCUT2D eigenvalue weighted by Crippen LogP contribution is 2.33. The van der Waals surface area contributed by atoms with Crippen LogP contribution in [0.25, 0.3) is 0 Å². The molecule has 5 nitrogen and oxygen atoms in total. The number of methoxy groups -OCH3 is 1. The van der Waals surface area contributed by atoms with Crippen LogP contribution < -0.4 is 9.64 Å². The van der Waals surface area contributed by atoms with Gasteiger partial charge >= 0.3 is 0 Å². The summed E-state index contributed by atoms with van der Waals surface area (Å²) in [6, 6.07) is 16.3. The summed E-state index contributed by atoms with van der Waals surface area (Å²) in [5.74, 6) is 0.147. The molecule has 6 heteroatoms. The summed E-state index contributed by atoms with van der Waals surface area (Å²) in [4.78, 5) is 16.5. The van der Waals surface area contributed by atoms with Gasteiger partial charge in [0.2, 0.25) is 5.91 Å². The topological polar surface area (TPSA) is 56.6 Å². The Hall–Kier alpha value is -2.91. The fourth-order valence-electron chi connectivity index (χ4n) is 3.69. The SMILES string of the molecule is COc1ccc(C2CCCN2CC(=O)N(CCC#N)c2ccccc2F)cc1. The Morgan fingerprint density at radius 2 is 2.04 bits per heavy atom. The molecule has 1 heterocycles. The van der Waals surface area contributed by atoms with Crippen LogP contribution in [0.2, 0.25) is 0 Å². The average molecular weight is 381 g/mol. The molecule has 1 amide bonds. The number of para-hydroxylation sites is 1. The van der Waals surface area contributed by atoms with Crippen LogP contribution in [0.15, 0.2) is 48.5 Å². The Kier molecular flexibility index (Phi) is 6.62. The van der Waals surface area contributed by atoms with Crippen molar-refractivity contribution in [3.63, 3.8) is 0 Å². The van der Waals surface area contributed by atoms with Crippen molar-refractivity contribution in [2.24, 2.45) is 0 Å². The minimum atomic E-state index is -0.457. The van der Waals surface area contributed by atoms with Gasteiger partial charge in [-0.05, 0) is 49.2 Å². The van der Waals surface area contributed by atoms with Crippen LogP contribution >= 0.6 is 0 Å². The van der Waals surface area contributed by atoms with Crippen molar-refractivity contribution < 1.29 is 13.9 Å². The van der Waals surface area contributed by atoms with Gasteiger partial charge in [0.05, 0.1) is 31.8 Å². The number of anilines is 1. The van der Waals surface area contributed by atoms with Crippen LogP contribution in [0.3, 0.4) is 0 Å². The number of likely N-dealkylation sites (tertiary alicyclic amines) is 1. The van der Waals surface area contributed by atoms with E-state index in [-0.39, 0.29) is 37.1 Å². The van der Waals surface area contributed by atoms with Gasteiger partial charge < -0.3 is 9.64 Å². The number of benzene rings is 2. The lowest BCUT2D eigenvalue weighted by Gasteiger charge is -2.28. The summed E-state index contributed by atoms with van der Waals surface area (Å²) in [5.41, 5.74) is 1.36. The lowest BCUT2D eigenvalue weighted by atomic mass is 10.0. The van der Waals surface area contributed by atoms with Gasteiger partial charge in [-0.2, -0.15) is 5.26 Å². The summed E-state index contributed by atoms with van der Waals surface area (Å²) < 4.78 is 19.5. The molecular formula is C22H24FN3O2. The van der Waals surface area contributed by atoms with Gasteiger partial charge in [-0.25, -0.2) is 4.39 Å². The van der Waals surface area contributed by atoms with E-state index in [4.69, 9.17) is 10.00 Å². The second kappa shape index (κ2) is 9.34.